The molecule has 0 saturated carbocycles. The Hall–Kier alpha value is -1.88. The zero-order valence-corrected chi connectivity index (χ0v) is 13.9. The number of anilines is 1. The third kappa shape index (κ3) is 3.39. The largest absolute Gasteiger partial charge is 0.479 e. The van der Waals surface area contributed by atoms with Gasteiger partial charge in [-0.2, -0.15) is 0 Å². The first-order valence-corrected chi connectivity index (χ1v) is 8.41. The van der Waals surface area contributed by atoms with Crippen LogP contribution in [0, 0.1) is 0 Å². The molecule has 5 nitrogen and oxygen atoms in total. The number of benzene rings is 1. The molecule has 0 bridgehead atoms. The van der Waals surface area contributed by atoms with E-state index >= 15 is 0 Å². The minimum absolute atomic E-state index is 0.00477. The summed E-state index contributed by atoms with van der Waals surface area (Å²) in [5.74, 6) is 0.644. The smallest absolute Gasteiger partial charge is 0.267 e. The molecule has 0 aliphatic carbocycles. The summed E-state index contributed by atoms with van der Waals surface area (Å²) in [6, 6.07) is 5.33. The third-order valence-electron chi connectivity index (χ3n) is 4.66. The minimum atomic E-state index is -0.480. The number of carbonyl (C=O) groups excluding carboxylic acids is 2. The topological polar surface area (TPSA) is 49.9 Å². The van der Waals surface area contributed by atoms with Crippen molar-refractivity contribution in [2.75, 3.05) is 31.1 Å². The molecule has 1 saturated heterocycles. The van der Waals surface area contributed by atoms with Gasteiger partial charge in [0.2, 0.25) is 0 Å². The Morgan fingerprint density at radius 1 is 1.22 bits per heavy atom. The highest BCUT2D eigenvalue weighted by atomic mass is 16.5. The van der Waals surface area contributed by atoms with Crippen LogP contribution in [0.2, 0.25) is 0 Å². The van der Waals surface area contributed by atoms with Crippen molar-refractivity contribution in [2.45, 2.75) is 39.2 Å². The second-order valence-corrected chi connectivity index (χ2v) is 6.39. The summed E-state index contributed by atoms with van der Waals surface area (Å²) in [7, 11) is 0. The summed E-state index contributed by atoms with van der Waals surface area (Å²) in [4.78, 5) is 28.4. The Labute approximate surface area is 137 Å². The van der Waals surface area contributed by atoms with E-state index in [1.807, 2.05) is 0 Å². The molecule has 1 fully saturated rings. The number of hydrogen-bond donors (Lipinski definition) is 0. The van der Waals surface area contributed by atoms with Crippen LogP contribution in [0.25, 0.3) is 0 Å². The SMILES string of the molecule is CC(=O)c1ccc2c(c1)N(CCN1CCCCC1)C(=O)C(C)O2. The molecule has 1 amide bonds. The maximum atomic E-state index is 12.5. The number of amides is 1. The van der Waals surface area contributed by atoms with Crippen LogP contribution in [-0.4, -0.2) is 48.9 Å². The van der Waals surface area contributed by atoms with Crippen LogP contribution in [0.3, 0.4) is 0 Å². The van der Waals surface area contributed by atoms with Crippen molar-refractivity contribution >= 4 is 17.4 Å². The van der Waals surface area contributed by atoms with Gasteiger partial charge >= 0.3 is 0 Å². The minimum Gasteiger partial charge on any atom is -0.479 e. The van der Waals surface area contributed by atoms with E-state index in [0.717, 1.165) is 25.3 Å². The third-order valence-corrected chi connectivity index (χ3v) is 4.66. The van der Waals surface area contributed by atoms with Crippen LogP contribution in [0.5, 0.6) is 5.75 Å². The van der Waals surface area contributed by atoms with Gasteiger partial charge in [0.25, 0.3) is 5.91 Å². The number of rotatable bonds is 4. The Balaban J connectivity index is 1.81. The Morgan fingerprint density at radius 3 is 2.65 bits per heavy atom. The number of likely N-dealkylation sites (tertiary alicyclic amines) is 1. The number of Topliss-reactive ketones (excluding diaryl/α,β-unsaturated/α-hetero) is 1. The fourth-order valence-corrected chi connectivity index (χ4v) is 3.28. The van der Waals surface area contributed by atoms with Gasteiger partial charge in [-0.05, 0) is 58.0 Å². The molecule has 0 N–H and O–H groups in total. The highest BCUT2D eigenvalue weighted by Gasteiger charge is 2.32. The number of ketones is 1. The van der Waals surface area contributed by atoms with Crippen LogP contribution >= 0.6 is 0 Å². The van der Waals surface area contributed by atoms with Crippen molar-refractivity contribution in [3.05, 3.63) is 23.8 Å². The molecule has 5 heteroatoms. The Morgan fingerprint density at radius 2 is 1.96 bits per heavy atom. The van der Waals surface area contributed by atoms with E-state index in [1.54, 1.807) is 30.0 Å². The van der Waals surface area contributed by atoms with E-state index in [0.29, 0.717) is 17.9 Å². The van der Waals surface area contributed by atoms with Crippen molar-refractivity contribution in [1.82, 2.24) is 4.90 Å². The fourth-order valence-electron chi connectivity index (χ4n) is 3.28. The Bertz CT molecular complexity index is 608. The summed E-state index contributed by atoms with van der Waals surface area (Å²) >= 11 is 0. The van der Waals surface area contributed by atoms with Crippen LogP contribution in [0.1, 0.15) is 43.5 Å². The monoisotopic (exact) mass is 316 g/mol. The number of fused-ring (bicyclic) bond motifs is 1. The van der Waals surface area contributed by atoms with E-state index in [1.165, 1.54) is 26.2 Å². The molecule has 2 aliphatic rings. The lowest BCUT2D eigenvalue weighted by atomic mass is 10.1. The van der Waals surface area contributed by atoms with Gasteiger partial charge < -0.3 is 14.5 Å². The quantitative estimate of drug-likeness (QED) is 0.801. The van der Waals surface area contributed by atoms with Gasteiger partial charge in [-0.15, -0.1) is 0 Å². The van der Waals surface area contributed by atoms with E-state index in [9.17, 15) is 9.59 Å². The van der Waals surface area contributed by atoms with Crippen molar-refractivity contribution < 1.29 is 14.3 Å². The van der Waals surface area contributed by atoms with E-state index in [2.05, 4.69) is 4.90 Å². The van der Waals surface area contributed by atoms with Gasteiger partial charge in [-0.1, -0.05) is 6.42 Å². The first-order valence-electron chi connectivity index (χ1n) is 8.41. The van der Waals surface area contributed by atoms with Crippen molar-refractivity contribution in [3.63, 3.8) is 0 Å². The normalized spacial score (nSPS) is 21.7. The lowest BCUT2D eigenvalue weighted by molar-refractivity contribution is -0.125. The number of hydrogen-bond acceptors (Lipinski definition) is 4. The average molecular weight is 316 g/mol. The lowest BCUT2D eigenvalue weighted by Gasteiger charge is -2.35. The van der Waals surface area contributed by atoms with Gasteiger partial charge in [0.15, 0.2) is 11.9 Å². The summed E-state index contributed by atoms with van der Waals surface area (Å²) in [5.41, 5.74) is 1.33. The summed E-state index contributed by atoms with van der Waals surface area (Å²) in [6.45, 7) is 7.03. The Kier molecular flexibility index (Phi) is 4.66. The van der Waals surface area contributed by atoms with Crippen molar-refractivity contribution in [3.8, 4) is 5.75 Å². The maximum absolute atomic E-state index is 12.5. The highest BCUT2D eigenvalue weighted by molar-refractivity contribution is 6.02. The molecule has 2 aliphatic heterocycles. The molecule has 1 unspecified atom stereocenters. The molecule has 2 heterocycles. The van der Waals surface area contributed by atoms with Crippen LogP contribution < -0.4 is 9.64 Å². The zero-order valence-electron chi connectivity index (χ0n) is 13.9. The first-order chi connectivity index (χ1) is 11.1. The standard InChI is InChI=1S/C18H24N2O3/c1-13(21)15-6-7-17-16(12-15)20(18(22)14(2)23-17)11-10-19-8-4-3-5-9-19/h6-7,12,14H,3-5,8-11H2,1-2H3. The van der Waals surface area contributed by atoms with Crippen molar-refractivity contribution in [1.29, 1.82) is 0 Å². The number of carbonyl (C=O) groups is 2. The fraction of sp³-hybridized carbons (Fsp3) is 0.556. The van der Waals surface area contributed by atoms with E-state index in [-0.39, 0.29) is 11.7 Å². The van der Waals surface area contributed by atoms with E-state index < -0.39 is 6.10 Å². The molecule has 0 spiro atoms. The molecule has 1 aromatic rings. The molecule has 3 rings (SSSR count). The van der Waals surface area contributed by atoms with Crippen LogP contribution in [0.15, 0.2) is 18.2 Å². The predicted molar refractivity (Wildman–Crippen MR) is 89.2 cm³/mol. The van der Waals surface area contributed by atoms with Gasteiger partial charge in [-0.25, -0.2) is 0 Å². The predicted octanol–water partition coefficient (Wildman–Crippen LogP) is 2.49. The van der Waals surface area contributed by atoms with Gasteiger partial charge in [-0.3, -0.25) is 9.59 Å². The molecule has 0 radical (unpaired) electrons. The number of piperidine rings is 1. The van der Waals surface area contributed by atoms with Crippen molar-refractivity contribution in [2.24, 2.45) is 0 Å². The van der Waals surface area contributed by atoms with Gasteiger partial charge in [0, 0.05) is 18.7 Å². The second kappa shape index (κ2) is 6.71. The molecule has 0 aromatic heterocycles. The lowest BCUT2D eigenvalue weighted by Crippen LogP contribution is -2.48. The molecule has 1 atom stereocenters. The molecular weight excluding hydrogens is 292 g/mol. The summed E-state index contributed by atoms with van der Waals surface area (Å²) in [5, 5.41) is 0. The van der Waals surface area contributed by atoms with Crippen LogP contribution in [0.4, 0.5) is 5.69 Å². The summed E-state index contributed by atoms with van der Waals surface area (Å²) in [6.07, 6.45) is 3.29. The average Bonchev–Trinajstić information content (AvgIpc) is 2.56. The molecular formula is C18H24N2O3. The highest BCUT2D eigenvalue weighted by Crippen LogP contribution is 2.35. The molecule has 1 aromatic carbocycles. The maximum Gasteiger partial charge on any atom is 0.267 e. The van der Waals surface area contributed by atoms with E-state index in [4.69, 9.17) is 4.74 Å². The number of nitrogens with zero attached hydrogens (tertiary/aromatic N) is 2. The zero-order chi connectivity index (χ0) is 16.4. The summed E-state index contributed by atoms with van der Waals surface area (Å²) < 4.78 is 5.68. The molecule has 23 heavy (non-hydrogen) atoms. The molecule has 124 valence electrons. The van der Waals surface area contributed by atoms with Gasteiger partial charge in [0.05, 0.1) is 5.69 Å². The van der Waals surface area contributed by atoms with Crippen LogP contribution in [-0.2, 0) is 4.79 Å². The number of ether oxygens (including phenoxy) is 1. The first kappa shape index (κ1) is 16.0. The van der Waals surface area contributed by atoms with Gasteiger partial charge in [0.1, 0.15) is 5.75 Å². The second-order valence-electron chi connectivity index (χ2n) is 6.39.